The molecule has 3 heteroatoms. The number of aromatic hydroxyl groups is 1. The fourth-order valence-electron chi connectivity index (χ4n) is 2.43. The summed E-state index contributed by atoms with van der Waals surface area (Å²) in [5, 5.41) is 9.91. The van der Waals surface area contributed by atoms with Crippen LogP contribution < -0.4 is 5.63 Å². The Kier molecular flexibility index (Phi) is 3.79. The fourth-order valence-corrected chi connectivity index (χ4v) is 2.43. The Morgan fingerprint density at radius 3 is 2.23 bits per heavy atom. The van der Waals surface area contributed by atoms with Crippen LogP contribution >= 0.6 is 0 Å². The molecule has 0 spiro atoms. The molecule has 1 heterocycles. The third kappa shape index (κ3) is 2.93. The van der Waals surface area contributed by atoms with Crippen LogP contribution in [0, 0.1) is 6.92 Å². The van der Waals surface area contributed by atoms with Gasteiger partial charge < -0.3 is 9.52 Å². The standard InChI is InChI=1S/C19H16O3/c1-13-11-18(20)17(19(21)22-13)12-14-7-9-16(10-8-14)15-5-3-2-4-6-15/h2-11,20H,12H2,1H3. The average molecular weight is 292 g/mol. The first-order valence-electron chi connectivity index (χ1n) is 7.10. The largest absolute Gasteiger partial charge is 0.507 e. The van der Waals surface area contributed by atoms with E-state index in [0.29, 0.717) is 12.2 Å². The van der Waals surface area contributed by atoms with Crippen LogP contribution in [-0.2, 0) is 6.42 Å². The van der Waals surface area contributed by atoms with Crippen LogP contribution in [0.1, 0.15) is 16.9 Å². The van der Waals surface area contributed by atoms with Crippen molar-refractivity contribution in [2.24, 2.45) is 0 Å². The molecule has 0 saturated carbocycles. The van der Waals surface area contributed by atoms with Gasteiger partial charge in [0.1, 0.15) is 11.5 Å². The normalized spacial score (nSPS) is 10.6. The quantitative estimate of drug-likeness (QED) is 0.796. The van der Waals surface area contributed by atoms with E-state index in [4.69, 9.17) is 4.42 Å². The molecule has 0 bridgehead atoms. The molecule has 0 radical (unpaired) electrons. The van der Waals surface area contributed by atoms with Gasteiger partial charge in [-0.05, 0) is 23.6 Å². The highest BCUT2D eigenvalue weighted by atomic mass is 16.4. The molecular formula is C19H16O3. The van der Waals surface area contributed by atoms with Crippen molar-refractivity contribution >= 4 is 0 Å². The highest BCUT2D eigenvalue weighted by Gasteiger charge is 2.10. The molecule has 0 atom stereocenters. The van der Waals surface area contributed by atoms with E-state index >= 15 is 0 Å². The Hall–Kier alpha value is -2.81. The van der Waals surface area contributed by atoms with Crippen LogP contribution in [0.3, 0.4) is 0 Å². The number of hydrogen-bond donors (Lipinski definition) is 1. The molecule has 3 nitrogen and oxygen atoms in total. The van der Waals surface area contributed by atoms with Crippen molar-refractivity contribution in [3.8, 4) is 16.9 Å². The van der Waals surface area contributed by atoms with Gasteiger partial charge >= 0.3 is 5.63 Å². The summed E-state index contributed by atoms with van der Waals surface area (Å²) < 4.78 is 5.04. The number of aryl methyl sites for hydroxylation is 1. The third-order valence-corrected chi connectivity index (χ3v) is 3.59. The molecule has 0 aliphatic heterocycles. The summed E-state index contributed by atoms with van der Waals surface area (Å²) in [7, 11) is 0. The topological polar surface area (TPSA) is 50.4 Å². The summed E-state index contributed by atoms with van der Waals surface area (Å²) in [6, 6.07) is 19.5. The van der Waals surface area contributed by atoms with Crippen molar-refractivity contribution in [3.05, 3.63) is 88.0 Å². The second kappa shape index (κ2) is 5.90. The molecule has 2 aromatic carbocycles. The monoisotopic (exact) mass is 292 g/mol. The first kappa shape index (κ1) is 14.1. The first-order chi connectivity index (χ1) is 10.6. The summed E-state index contributed by atoms with van der Waals surface area (Å²) in [4.78, 5) is 11.8. The molecule has 110 valence electrons. The van der Waals surface area contributed by atoms with E-state index < -0.39 is 5.63 Å². The van der Waals surface area contributed by atoms with Crippen LogP contribution in [0.5, 0.6) is 5.75 Å². The third-order valence-electron chi connectivity index (χ3n) is 3.59. The van der Waals surface area contributed by atoms with Gasteiger partial charge in [-0.1, -0.05) is 54.6 Å². The van der Waals surface area contributed by atoms with Gasteiger partial charge in [0.15, 0.2) is 0 Å². The minimum atomic E-state index is -0.482. The van der Waals surface area contributed by atoms with Gasteiger partial charge in [0.05, 0.1) is 5.56 Å². The maximum absolute atomic E-state index is 11.8. The van der Waals surface area contributed by atoms with E-state index in [-0.39, 0.29) is 11.3 Å². The van der Waals surface area contributed by atoms with Gasteiger partial charge in [-0.25, -0.2) is 4.79 Å². The zero-order chi connectivity index (χ0) is 15.5. The number of benzene rings is 2. The van der Waals surface area contributed by atoms with Crippen molar-refractivity contribution in [2.45, 2.75) is 13.3 Å². The SMILES string of the molecule is Cc1cc(O)c(Cc2ccc(-c3ccccc3)cc2)c(=O)o1. The molecule has 0 fully saturated rings. The molecular weight excluding hydrogens is 276 g/mol. The smallest absolute Gasteiger partial charge is 0.343 e. The second-order valence-corrected chi connectivity index (χ2v) is 5.25. The lowest BCUT2D eigenvalue weighted by Crippen LogP contribution is -2.08. The van der Waals surface area contributed by atoms with E-state index in [1.165, 1.54) is 6.07 Å². The van der Waals surface area contributed by atoms with E-state index in [9.17, 15) is 9.90 Å². The molecule has 1 N–H and O–H groups in total. The summed E-state index contributed by atoms with van der Waals surface area (Å²) in [6.07, 6.45) is 0.351. The molecule has 0 saturated heterocycles. The summed E-state index contributed by atoms with van der Waals surface area (Å²) in [5.74, 6) is 0.395. The minimum Gasteiger partial charge on any atom is -0.507 e. The van der Waals surface area contributed by atoms with E-state index in [2.05, 4.69) is 12.1 Å². The van der Waals surface area contributed by atoms with Gasteiger partial charge in [-0.2, -0.15) is 0 Å². The van der Waals surface area contributed by atoms with Crippen LogP contribution in [-0.4, -0.2) is 5.11 Å². The minimum absolute atomic E-state index is 0.0131. The average Bonchev–Trinajstić information content (AvgIpc) is 2.52. The Bertz CT molecular complexity index is 831. The van der Waals surface area contributed by atoms with E-state index in [1.807, 2.05) is 42.5 Å². The molecule has 22 heavy (non-hydrogen) atoms. The molecule has 0 aliphatic rings. The second-order valence-electron chi connectivity index (χ2n) is 5.25. The Balaban J connectivity index is 1.87. The lowest BCUT2D eigenvalue weighted by Gasteiger charge is -2.06. The lowest BCUT2D eigenvalue weighted by molar-refractivity contribution is 0.424. The Morgan fingerprint density at radius 2 is 1.59 bits per heavy atom. The van der Waals surface area contributed by atoms with Crippen molar-refractivity contribution in [3.63, 3.8) is 0 Å². The zero-order valence-electron chi connectivity index (χ0n) is 12.2. The maximum atomic E-state index is 11.8. The van der Waals surface area contributed by atoms with Crippen LogP contribution in [0.25, 0.3) is 11.1 Å². The Morgan fingerprint density at radius 1 is 0.955 bits per heavy atom. The summed E-state index contributed by atoms with van der Waals surface area (Å²) >= 11 is 0. The van der Waals surface area contributed by atoms with Crippen molar-refractivity contribution < 1.29 is 9.52 Å². The van der Waals surface area contributed by atoms with Gasteiger partial charge in [0, 0.05) is 12.5 Å². The molecule has 0 unspecified atom stereocenters. The van der Waals surface area contributed by atoms with Crippen molar-refractivity contribution in [2.75, 3.05) is 0 Å². The van der Waals surface area contributed by atoms with Crippen molar-refractivity contribution in [1.29, 1.82) is 0 Å². The maximum Gasteiger partial charge on any atom is 0.343 e. The number of rotatable bonds is 3. The fraction of sp³-hybridized carbons (Fsp3) is 0.105. The highest BCUT2D eigenvalue weighted by molar-refractivity contribution is 5.63. The Labute approximate surface area is 128 Å². The number of hydrogen-bond acceptors (Lipinski definition) is 3. The van der Waals surface area contributed by atoms with Gasteiger partial charge in [-0.3, -0.25) is 0 Å². The highest BCUT2D eigenvalue weighted by Crippen LogP contribution is 2.22. The predicted molar refractivity (Wildman–Crippen MR) is 86.1 cm³/mol. The first-order valence-corrected chi connectivity index (χ1v) is 7.10. The lowest BCUT2D eigenvalue weighted by atomic mass is 10.0. The van der Waals surface area contributed by atoms with Crippen LogP contribution in [0.2, 0.25) is 0 Å². The van der Waals surface area contributed by atoms with Crippen LogP contribution in [0.4, 0.5) is 0 Å². The molecule has 3 aromatic rings. The van der Waals surface area contributed by atoms with Crippen molar-refractivity contribution in [1.82, 2.24) is 0 Å². The van der Waals surface area contributed by atoms with Gasteiger partial charge in [0.25, 0.3) is 0 Å². The summed E-state index contributed by atoms with van der Waals surface area (Å²) in [6.45, 7) is 1.64. The zero-order valence-corrected chi connectivity index (χ0v) is 12.2. The predicted octanol–water partition coefficient (Wildman–Crippen LogP) is 3.91. The van der Waals surface area contributed by atoms with Gasteiger partial charge in [-0.15, -0.1) is 0 Å². The molecule has 3 rings (SSSR count). The van der Waals surface area contributed by atoms with Crippen LogP contribution in [0.15, 0.2) is 69.9 Å². The van der Waals surface area contributed by atoms with E-state index in [1.54, 1.807) is 6.92 Å². The molecule has 0 aliphatic carbocycles. The van der Waals surface area contributed by atoms with E-state index in [0.717, 1.165) is 16.7 Å². The molecule has 1 aromatic heterocycles. The molecule has 0 amide bonds. The summed E-state index contributed by atoms with van der Waals surface area (Å²) in [5.41, 5.74) is 3.02. The van der Waals surface area contributed by atoms with Gasteiger partial charge in [0.2, 0.25) is 0 Å².